The molecule has 0 aliphatic rings. The van der Waals surface area contributed by atoms with Gasteiger partial charge in [0.15, 0.2) is 0 Å². The number of imide groups is 1. The number of carbonyl (C=O) groups excluding carboxylic acids is 2. The second kappa shape index (κ2) is 5.51. The largest absolute Gasteiger partial charge is 0.329 e. The van der Waals surface area contributed by atoms with E-state index in [0.29, 0.717) is 18.8 Å². The first-order valence-corrected chi connectivity index (χ1v) is 6.13. The van der Waals surface area contributed by atoms with Gasteiger partial charge in [-0.15, -0.1) is 0 Å². The lowest BCUT2D eigenvalue weighted by molar-refractivity contribution is -0.108. The molecule has 0 saturated carbocycles. The second-order valence-electron chi connectivity index (χ2n) is 4.22. The highest BCUT2D eigenvalue weighted by molar-refractivity contribution is 5.97. The van der Waals surface area contributed by atoms with Crippen LogP contribution in [0.2, 0.25) is 0 Å². The van der Waals surface area contributed by atoms with E-state index in [1.54, 1.807) is 6.20 Å². The van der Waals surface area contributed by atoms with E-state index in [1.165, 1.54) is 4.90 Å². The van der Waals surface area contributed by atoms with Crippen LogP contribution in [0.25, 0.3) is 5.65 Å². The molecule has 0 saturated heterocycles. The number of hydrogen-bond donors (Lipinski definition) is 1. The Labute approximate surface area is 111 Å². The summed E-state index contributed by atoms with van der Waals surface area (Å²) < 4.78 is 1.84. The number of fused-ring (bicyclic) bond motifs is 1. The van der Waals surface area contributed by atoms with E-state index in [4.69, 9.17) is 0 Å². The van der Waals surface area contributed by atoms with Gasteiger partial charge in [-0.05, 0) is 25.0 Å². The fourth-order valence-electron chi connectivity index (χ4n) is 2.01. The Balaban J connectivity index is 2.47. The summed E-state index contributed by atoms with van der Waals surface area (Å²) in [6.45, 7) is 4.44. The van der Waals surface area contributed by atoms with E-state index >= 15 is 0 Å². The van der Waals surface area contributed by atoms with Gasteiger partial charge in [0, 0.05) is 12.7 Å². The molecule has 2 rings (SSSR count). The van der Waals surface area contributed by atoms with Crippen LogP contribution in [0.4, 0.5) is 10.6 Å². The number of hydrogen-bond acceptors (Lipinski definition) is 3. The van der Waals surface area contributed by atoms with Crippen molar-refractivity contribution in [1.29, 1.82) is 0 Å². The molecule has 6 heteroatoms. The Morgan fingerprint density at radius 1 is 1.58 bits per heavy atom. The van der Waals surface area contributed by atoms with Crippen molar-refractivity contribution in [3.05, 3.63) is 30.1 Å². The number of nitrogens with one attached hydrogen (secondary N) is 1. The average Bonchev–Trinajstić information content (AvgIpc) is 2.81. The molecule has 0 bridgehead atoms. The third-order valence-electron chi connectivity index (χ3n) is 2.86. The molecule has 0 spiro atoms. The summed E-state index contributed by atoms with van der Waals surface area (Å²) in [6.07, 6.45) is 4.66. The highest BCUT2D eigenvalue weighted by Gasteiger charge is 2.18. The van der Waals surface area contributed by atoms with E-state index in [2.05, 4.69) is 10.3 Å². The molecule has 100 valence electrons. The number of aromatic nitrogens is 2. The molecule has 2 heterocycles. The highest BCUT2D eigenvalue weighted by atomic mass is 16.2. The number of nitrogens with zero attached hydrogens (tertiary/aromatic N) is 3. The van der Waals surface area contributed by atoms with Crippen LogP contribution in [0.1, 0.15) is 18.9 Å². The molecule has 0 aliphatic heterocycles. The zero-order valence-electron chi connectivity index (χ0n) is 11.0. The van der Waals surface area contributed by atoms with Gasteiger partial charge in [-0.25, -0.2) is 9.78 Å². The van der Waals surface area contributed by atoms with Gasteiger partial charge in [0.1, 0.15) is 11.5 Å². The van der Waals surface area contributed by atoms with Gasteiger partial charge < -0.3 is 0 Å². The van der Waals surface area contributed by atoms with Crippen LogP contribution in [0, 0.1) is 6.92 Å². The zero-order chi connectivity index (χ0) is 13.8. The topological polar surface area (TPSA) is 66.7 Å². The van der Waals surface area contributed by atoms with Crippen LogP contribution in [0.15, 0.2) is 24.5 Å². The fraction of sp³-hybridized carbons (Fsp3) is 0.308. The zero-order valence-corrected chi connectivity index (χ0v) is 11.0. The first-order valence-electron chi connectivity index (χ1n) is 6.13. The smallest absolute Gasteiger partial charge is 0.286 e. The molecule has 0 aliphatic carbocycles. The Morgan fingerprint density at radius 3 is 3.05 bits per heavy atom. The number of rotatable bonds is 4. The normalized spacial score (nSPS) is 10.4. The molecular formula is C13H16N4O2. The third kappa shape index (κ3) is 2.42. The van der Waals surface area contributed by atoms with Gasteiger partial charge in [-0.1, -0.05) is 13.0 Å². The number of aryl methyl sites for hydroxylation is 1. The number of carbonyl (C=O) groups is 2. The highest BCUT2D eigenvalue weighted by Crippen LogP contribution is 2.19. The van der Waals surface area contributed by atoms with Gasteiger partial charge >= 0.3 is 6.03 Å². The van der Waals surface area contributed by atoms with Crippen molar-refractivity contribution in [3.8, 4) is 0 Å². The molecule has 2 aromatic rings. The predicted octanol–water partition coefficient (Wildman–Crippen LogP) is 1.73. The van der Waals surface area contributed by atoms with E-state index in [0.717, 1.165) is 17.6 Å². The van der Waals surface area contributed by atoms with Crippen LogP contribution in [0.3, 0.4) is 0 Å². The minimum atomic E-state index is -0.444. The quantitative estimate of drug-likeness (QED) is 0.851. The molecular weight excluding hydrogens is 244 g/mol. The fourth-order valence-corrected chi connectivity index (χ4v) is 2.01. The van der Waals surface area contributed by atoms with Gasteiger partial charge in [0.2, 0.25) is 6.41 Å². The van der Waals surface area contributed by atoms with Crippen LogP contribution in [0.5, 0.6) is 0 Å². The molecule has 0 atom stereocenters. The Morgan fingerprint density at radius 2 is 2.37 bits per heavy atom. The molecule has 3 amide bonds. The molecule has 0 aromatic carbocycles. The van der Waals surface area contributed by atoms with Gasteiger partial charge in [0.25, 0.3) is 0 Å². The standard InChI is InChI=1S/C13H16N4O2/c1-3-6-17(13(19)15-9-18)11-8-14-12-10(2)5-4-7-16(11)12/h4-5,7-9H,3,6H2,1-2H3,(H,15,18,19). The van der Waals surface area contributed by atoms with E-state index in [9.17, 15) is 9.59 Å². The summed E-state index contributed by atoms with van der Waals surface area (Å²) >= 11 is 0. The van der Waals surface area contributed by atoms with Gasteiger partial charge in [-0.3, -0.25) is 19.4 Å². The Bertz CT molecular complexity index is 606. The second-order valence-corrected chi connectivity index (χ2v) is 4.22. The van der Waals surface area contributed by atoms with Crippen molar-refractivity contribution in [3.63, 3.8) is 0 Å². The molecule has 2 aromatic heterocycles. The first kappa shape index (κ1) is 13.1. The molecule has 6 nitrogen and oxygen atoms in total. The van der Waals surface area contributed by atoms with Crippen molar-refractivity contribution < 1.29 is 9.59 Å². The monoisotopic (exact) mass is 260 g/mol. The van der Waals surface area contributed by atoms with Crippen LogP contribution >= 0.6 is 0 Å². The Kier molecular flexibility index (Phi) is 3.79. The number of pyridine rings is 1. The summed E-state index contributed by atoms with van der Waals surface area (Å²) in [5.74, 6) is 0.653. The predicted molar refractivity (Wildman–Crippen MR) is 72.2 cm³/mol. The van der Waals surface area contributed by atoms with Crippen molar-refractivity contribution in [2.24, 2.45) is 0 Å². The third-order valence-corrected chi connectivity index (χ3v) is 2.86. The summed E-state index contributed by atoms with van der Waals surface area (Å²) in [7, 11) is 0. The lowest BCUT2D eigenvalue weighted by Gasteiger charge is -2.20. The summed E-state index contributed by atoms with van der Waals surface area (Å²) in [6, 6.07) is 3.41. The number of imidazole rings is 1. The van der Waals surface area contributed by atoms with E-state index in [-0.39, 0.29) is 0 Å². The molecule has 19 heavy (non-hydrogen) atoms. The average molecular weight is 260 g/mol. The van der Waals surface area contributed by atoms with Crippen molar-refractivity contribution in [2.75, 3.05) is 11.4 Å². The number of urea groups is 1. The molecule has 0 unspecified atom stereocenters. The first-order chi connectivity index (χ1) is 9.19. The maximum absolute atomic E-state index is 11.9. The van der Waals surface area contributed by atoms with Crippen LogP contribution in [-0.2, 0) is 4.79 Å². The molecule has 1 N–H and O–H groups in total. The molecule has 0 fully saturated rings. The van der Waals surface area contributed by atoms with Gasteiger partial charge in [-0.2, -0.15) is 0 Å². The summed E-state index contributed by atoms with van der Waals surface area (Å²) in [5.41, 5.74) is 1.83. The SMILES string of the molecule is CCCN(C(=O)NC=O)c1cnc2c(C)cccn12. The summed E-state index contributed by atoms with van der Waals surface area (Å²) in [5, 5.41) is 2.16. The van der Waals surface area contributed by atoms with Crippen LogP contribution < -0.4 is 10.2 Å². The van der Waals surface area contributed by atoms with E-state index < -0.39 is 6.03 Å². The lowest BCUT2D eigenvalue weighted by Crippen LogP contribution is -2.40. The minimum Gasteiger partial charge on any atom is -0.286 e. The minimum absolute atomic E-state index is 0.388. The lowest BCUT2D eigenvalue weighted by atomic mass is 10.3. The Hall–Kier alpha value is -2.37. The van der Waals surface area contributed by atoms with E-state index in [1.807, 2.05) is 36.6 Å². The van der Waals surface area contributed by atoms with Crippen molar-refractivity contribution >= 4 is 23.9 Å². The maximum atomic E-state index is 11.9. The molecule has 0 radical (unpaired) electrons. The number of amides is 3. The van der Waals surface area contributed by atoms with Gasteiger partial charge in [0.05, 0.1) is 6.20 Å². The summed E-state index contributed by atoms with van der Waals surface area (Å²) in [4.78, 5) is 28.2. The van der Waals surface area contributed by atoms with Crippen molar-refractivity contribution in [1.82, 2.24) is 14.7 Å². The maximum Gasteiger partial charge on any atom is 0.329 e. The number of anilines is 1. The van der Waals surface area contributed by atoms with Crippen molar-refractivity contribution in [2.45, 2.75) is 20.3 Å². The van der Waals surface area contributed by atoms with Crippen LogP contribution in [-0.4, -0.2) is 28.4 Å².